The molecule has 39 heavy (non-hydrogen) atoms. The molecule has 2 aliphatic heterocycles. The maximum Gasteiger partial charge on any atom is 0.227 e. The monoisotopic (exact) mass is 554 g/mol. The van der Waals surface area contributed by atoms with Crippen molar-refractivity contribution in [3.8, 4) is 0 Å². The molecule has 6 rings (SSSR count). The smallest absolute Gasteiger partial charge is 0.227 e. The lowest BCUT2D eigenvalue weighted by Crippen LogP contribution is -2.65. The second-order valence-electron chi connectivity index (χ2n) is 11.8. The van der Waals surface area contributed by atoms with Crippen molar-refractivity contribution in [1.82, 2.24) is 15.0 Å². The molecule has 1 aromatic carbocycles. The summed E-state index contributed by atoms with van der Waals surface area (Å²) in [5.74, 6) is 1.95. The second kappa shape index (κ2) is 9.55. The van der Waals surface area contributed by atoms with Gasteiger partial charge in [0, 0.05) is 54.8 Å². The first-order valence-corrected chi connectivity index (χ1v) is 15.5. The van der Waals surface area contributed by atoms with Gasteiger partial charge in [0.05, 0.1) is 17.9 Å². The number of hydrogen-bond donors (Lipinski definition) is 2. The Balaban J connectivity index is 1.23. The van der Waals surface area contributed by atoms with Crippen LogP contribution in [0.25, 0.3) is 10.8 Å². The minimum absolute atomic E-state index is 0.0616. The number of halogens is 1. The van der Waals surface area contributed by atoms with Gasteiger partial charge in [-0.3, -0.25) is 0 Å². The van der Waals surface area contributed by atoms with Gasteiger partial charge in [-0.1, -0.05) is 19.9 Å². The largest absolute Gasteiger partial charge is 0.390 e. The summed E-state index contributed by atoms with van der Waals surface area (Å²) in [5, 5.41) is 15.0. The summed E-state index contributed by atoms with van der Waals surface area (Å²) in [6.45, 7) is 6.63. The lowest BCUT2D eigenvalue weighted by atomic mass is 9.63. The molecule has 2 atom stereocenters. The highest BCUT2D eigenvalue weighted by Gasteiger charge is 2.55. The van der Waals surface area contributed by atoms with Crippen molar-refractivity contribution in [2.24, 2.45) is 5.41 Å². The van der Waals surface area contributed by atoms with Gasteiger partial charge in [0.25, 0.3) is 0 Å². The van der Waals surface area contributed by atoms with Crippen molar-refractivity contribution in [3.05, 3.63) is 42.2 Å². The van der Waals surface area contributed by atoms with Crippen molar-refractivity contribution in [3.63, 3.8) is 0 Å². The van der Waals surface area contributed by atoms with Crippen LogP contribution in [-0.4, -0.2) is 78.4 Å². The highest BCUT2D eigenvalue weighted by molar-refractivity contribution is 7.91. The molecule has 208 valence electrons. The summed E-state index contributed by atoms with van der Waals surface area (Å²) in [7, 11) is -2.96. The molecular formula is C28H35FN6O3S. The number of nitrogens with one attached hydrogen (secondary N) is 1. The molecule has 11 heteroatoms. The normalized spacial score (nSPS) is 23.2. The summed E-state index contributed by atoms with van der Waals surface area (Å²) < 4.78 is 37.8. The molecule has 3 aliphatic rings. The second-order valence-corrected chi connectivity index (χ2v) is 14.2. The molecular weight excluding hydrogens is 519 g/mol. The van der Waals surface area contributed by atoms with Crippen molar-refractivity contribution < 1.29 is 17.9 Å². The number of sulfone groups is 1. The standard InChI is InChI=1S/C28H35FN6O3S/c1-17(2)19-4-5-23(35-15-28(16-35)11-18(12-28)39(3,37)38)21-13-31-26(10-20(19)21)32-25-6-8-30-27(33-25)34-9-7-24(36)22(29)14-34/h4-6,8,10,13,17-18,22,24,36H,7,9,11-12,14-16H2,1-3H3,(H,30,31,32,33)/t22-,24-/m0/s1. The number of aliphatic hydroxyl groups excluding tert-OH is 1. The highest BCUT2D eigenvalue weighted by atomic mass is 32.2. The highest BCUT2D eigenvalue weighted by Crippen LogP contribution is 2.52. The number of aromatic nitrogens is 3. The van der Waals surface area contributed by atoms with E-state index in [-0.39, 0.29) is 17.2 Å². The topological polar surface area (TPSA) is 112 Å². The summed E-state index contributed by atoms with van der Waals surface area (Å²) >= 11 is 0. The number of rotatable bonds is 6. The van der Waals surface area contributed by atoms with Crippen molar-refractivity contribution in [2.45, 2.75) is 56.6 Å². The zero-order chi connectivity index (χ0) is 27.5. The van der Waals surface area contributed by atoms with E-state index in [1.165, 1.54) is 11.8 Å². The number of hydrogen-bond acceptors (Lipinski definition) is 9. The lowest BCUT2D eigenvalue weighted by Gasteiger charge is -2.59. The van der Waals surface area contributed by atoms with E-state index in [1.807, 2.05) is 12.3 Å². The Morgan fingerprint density at radius 3 is 2.56 bits per heavy atom. The SMILES string of the molecule is CC(C)c1ccc(N2CC3(CC(S(C)(=O)=O)C3)C2)c2cnc(Nc3ccnc(N4CC[C@H](O)[C@@H](F)C4)n3)cc12. The van der Waals surface area contributed by atoms with Gasteiger partial charge in [-0.05, 0) is 54.3 Å². The van der Waals surface area contributed by atoms with Crippen LogP contribution in [0.4, 0.5) is 27.7 Å². The number of fused-ring (bicyclic) bond motifs is 1. The third-order valence-corrected chi connectivity index (χ3v) is 10.1. The van der Waals surface area contributed by atoms with E-state index in [9.17, 15) is 17.9 Å². The van der Waals surface area contributed by atoms with Gasteiger partial charge in [0.15, 0.2) is 0 Å². The molecule has 1 aliphatic carbocycles. The van der Waals surface area contributed by atoms with Gasteiger partial charge in [-0.15, -0.1) is 0 Å². The fourth-order valence-electron chi connectivity index (χ4n) is 6.27. The van der Waals surface area contributed by atoms with E-state index in [0.717, 1.165) is 42.4 Å². The van der Waals surface area contributed by atoms with Crippen LogP contribution in [0.5, 0.6) is 0 Å². The van der Waals surface area contributed by atoms with Gasteiger partial charge in [0.2, 0.25) is 5.95 Å². The molecule has 0 radical (unpaired) electrons. The third-order valence-electron chi connectivity index (χ3n) is 8.54. The van der Waals surface area contributed by atoms with Crippen LogP contribution >= 0.6 is 0 Å². The number of aliphatic hydroxyl groups is 1. The Labute approximate surface area is 228 Å². The molecule has 3 aromatic rings. The molecule has 9 nitrogen and oxygen atoms in total. The molecule has 3 fully saturated rings. The van der Waals surface area contributed by atoms with E-state index in [4.69, 9.17) is 4.98 Å². The Bertz CT molecular complexity index is 1500. The number of anilines is 4. The van der Waals surface area contributed by atoms with Crippen LogP contribution in [0.3, 0.4) is 0 Å². The predicted molar refractivity (Wildman–Crippen MR) is 151 cm³/mol. The van der Waals surface area contributed by atoms with Crippen LogP contribution in [0.2, 0.25) is 0 Å². The van der Waals surface area contributed by atoms with Crippen molar-refractivity contribution >= 4 is 43.9 Å². The van der Waals surface area contributed by atoms with Gasteiger partial charge in [-0.25, -0.2) is 22.8 Å². The number of benzene rings is 1. The van der Waals surface area contributed by atoms with Crippen LogP contribution in [0.1, 0.15) is 44.6 Å². The first kappa shape index (κ1) is 26.2. The van der Waals surface area contributed by atoms with Crippen LogP contribution in [0.15, 0.2) is 36.7 Å². The summed E-state index contributed by atoms with van der Waals surface area (Å²) in [6.07, 6.45) is 4.45. The van der Waals surface area contributed by atoms with E-state index < -0.39 is 22.1 Å². The third kappa shape index (κ3) is 4.91. The molecule has 0 unspecified atom stereocenters. The molecule has 1 saturated carbocycles. The van der Waals surface area contributed by atoms with E-state index >= 15 is 0 Å². The number of nitrogens with zero attached hydrogens (tertiary/aromatic N) is 5. The van der Waals surface area contributed by atoms with E-state index in [2.05, 4.69) is 46.2 Å². The first-order chi connectivity index (χ1) is 18.5. The Hall–Kier alpha value is -3.05. The lowest BCUT2D eigenvalue weighted by molar-refractivity contribution is 0.0612. The minimum Gasteiger partial charge on any atom is -0.390 e. The molecule has 0 bridgehead atoms. The number of alkyl halides is 1. The Kier molecular flexibility index (Phi) is 6.41. The maximum absolute atomic E-state index is 14.1. The Morgan fingerprint density at radius 1 is 1.10 bits per heavy atom. The molecule has 1 spiro atoms. The van der Waals surface area contributed by atoms with Crippen LogP contribution < -0.4 is 15.1 Å². The van der Waals surface area contributed by atoms with Gasteiger partial charge in [0.1, 0.15) is 27.6 Å². The van der Waals surface area contributed by atoms with E-state index in [1.54, 1.807) is 17.2 Å². The predicted octanol–water partition coefficient (Wildman–Crippen LogP) is 3.81. The molecule has 2 N–H and O–H groups in total. The quantitative estimate of drug-likeness (QED) is 0.470. The minimum atomic E-state index is -2.96. The molecule has 0 amide bonds. The molecule has 2 aromatic heterocycles. The van der Waals surface area contributed by atoms with Gasteiger partial charge in [-0.2, -0.15) is 4.98 Å². The fraction of sp³-hybridized carbons (Fsp3) is 0.536. The molecule has 2 saturated heterocycles. The fourth-order valence-corrected chi connectivity index (χ4v) is 7.58. The van der Waals surface area contributed by atoms with Crippen molar-refractivity contribution in [2.75, 3.05) is 47.6 Å². The van der Waals surface area contributed by atoms with Crippen molar-refractivity contribution in [1.29, 1.82) is 0 Å². The summed E-state index contributed by atoms with van der Waals surface area (Å²) in [5.41, 5.74) is 2.46. The summed E-state index contributed by atoms with van der Waals surface area (Å²) in [6, 6.07) is 8.14. The van der Waals surface area contributed by atoms with E-state index in [0.29, 0.717) is 36.5 Å². The van der Waals surface area contributed by atoms with Crippen LogP contribution in [0, 0.1) is 5.41 Å². The zero-order valence-electron chi connectivity index (χ0n) is 22.5. The number of piperidine rings is 1. The molecule has 4 heterocycles. The first-order valence-electron chi connectivity index (χ1n) is 13.5. The Morgan fingerprint density at radius 2 is 1.87 bits per heavy atom. The average molecular weight is 555 g/mol. The zero-order valence-corrected chi connectivity index (χ0v) is 23.3. The van der Waals surface area contributed by atoms with Gasteiger partial charge < -0.3 is 20.2 Å². The maximum atomic E-state index is 14.1. The average Bonchev–Trinajstić information content (AvgIpc) is 2.83. The number of pyridine rings is 1. The van der Waals surface area contributed by atoms with Crippen LogP contribution in [-0.2, 0) is 9.84 Å². The summed E-state index contributed by atoms with van der Waals surface area (Å²) in [4.78, 5) is 17.7. The van der Waals surface area contributed by atoms with Gasteiger partial charge >= 0.3 is 0 Å².